The van der Waals surface area contributed by atoms with Crippen molar-refractivity contribution in [2.24, 2.45) is 0 Å². The molecule has 0 unspecified atom stereocenters. The maximum absolute atomic E-state index is 4.60. The zero-order valence-corrected chi connectivity index (χ0v) is 7.77. The summed E-state index contributed by atoms with van der Waals surface area (Å²) >= 11 is 0. The van der Waals surface area contributed by atoms with Crippen molar-refractivity contribution in [1.82, 2.24) is 9.97 Å². The van der Waals surface area contributed by atoms with Gasteiger partial charge in [-0.25, -0.2) is 9.97 Å². The van der Waals surface area contributed by atoms with Crippen LogP contribution in [0, 0.1) is 0 Å². The third-order valence-electron chi connectivity index (χ3n) is 2.50. The first-order valence-electron chi connectivity index (χ1n) is 4.86. The fourth-order valence-corrected chi connectivity index (χ4v) is 1.78. The molecule has 2 nitrogen and oxygen atoms in total. The SMILES string of the molecule is C1=Cc2nc3ccccc3nc2CC1.[NaH].[NaH]. The van der Waals surface area contributed by atoms with Crippen molar-refractivity contribution in [2.45, 2.75) is 12.8 Å². The third kappa shape index (κ3) is 2.76. The Morgan fingerprint density at radius 2 is 1.62 bits per heavy atom. The molecule has 0 bridgehead atoms. The summed E-state index contributed by atoms with van der Waals surface area (Å²) in [7, 11) is 0. The first-order valence-corrected chi connectivity index (χ1v) is 4.86. The van der Waals surface area contributed by atoms with Crippen LogP contribution in [0.1, 0.15) is 17.8 Å². The second-order valence-corrected chi connectivity index (χ2v) is 3.49. The number of hydrogen-bond acceptors (Lipinski definition) is 2. The number of nitrogens with zero attached hydrogens (tertiary/aromatic N) is 2. The van der Waals surface area contributed by atoms with Gasteiger partial charge in [0.2, 0.25) is 0 Å². The number of fused-ring (bicyclic) bond motifs is 2. The molecule has 16 heavy (non-hydrogen) atoms. The number of aromatic nitrogens is 2. The number of hydrogen-bond donors (Lipinski definition) is 0. The van der Waals surface area contributed by atoms with Gasteiger partial charge in [0.1, 0.15) is 0 Å². The van der Waals surface area contributed by atoms with Crippen LogP contribution in [0.25, 0.3) is 17.1 Å². The Hall–Kier alpha value is 0.300. The van der Waals surface area contributed by atoms with E-state index in [1.54, 1.807) is 0 Å². The standard InChI is InChI=1S/C12H10N2.2Na.2H/c1-2-6-10-9(5-1)13-11-7-3-4-8-12(11)14-10;;;;/h1-3,5-7H,4,8H2;;;;. The molecule has 0 saturated heterocycles. The third-order valence-corrected chi connectivity index (χ3v) is 2.50. The van der Waals surface area contributed by atoms with Gasteiger partial charge in [-0.2, -0.15) is 0 Å². The van der Waals surface area contributed by atoms with Crippen molar-refractivity contribution in [1.29, 1.82) is 0 Å². The van der Waals surface area contributed by atoms with Gasteiger partial charge in [0.05, 0.1) is 22.4 Å². The van der Waals surface area contributed by atoms with Crippen LogP contribution >= 0.6 is 0 Å². The minimum atomic E-state index is 0. The molecule has 0 aliphatic heterocycles. The van der Waals surface area contributed by atoms with E-state index in [-0.39, 0.29) is 59.1 Å². The summed E-state index contributed by atoms with van der Waals surface area (Å²) in [6.45, 7) is 0. The number of allylic oxidation sites excluding steroid dienone is 1. The van der Waals surface area contributed by atoms with Crippen LogP contribution < -0.4 is 0 Å². The van der Waals surface area contributed by atoms with E-state index >= 15 is 0 Å². The van der Waals surface area contributed by atoms with E-state index in [9.17, 15) is 0 Å². The molecule has 1 aliphatic rings. The molecule has 1 aliphatic carbocycles. The minimum absolute atomic E-state index is 0. The van der Waals surface area contributed by atoms with E-state index in [1.807, 2.05) is 24.3 Å². The van der Waals surface area contributed by atoms with Gasteiger partial charge >= 0.3 is 59.1 Å². The van der Waals surface area contributed by atoms with Gasteiger partial charge in [-0.3, -0.25) is 0 Å². The van der Waals surface area contributed by atoms with Gasteiger partial charge in [-0.15, -0.1) is 0 Å². The van der Waals surface area contributed by atoms with Crippen LogP contribution in [0.5, 0.6) is 0 Å². The molecule has 1 aromatic carbocycles. The summed E-state index contributed by atoms with van der Waals surface area (Å²) in [4.78, 5) is 9.17. The van der Waals surface area contributed by atoms with Gasteiger partial charge in [0.25, 0.3) is 0 Å². The van der Waals surface area contributed by atoms with E-state index in [4.69, 9.17) is 0 Å². The number of rotatable bonds is 0. The average molecular weight is 230 g/mol. The van der Waals surface area contributed by atoms with Crippen molar-refractivity contribution >= 4 is 76.2 Å². The van der Waals surface area contributed by atoms with Crippen molar-refractivity contribution in [3.63, 3.8) is 0 Å². The van der Waals surface area contributed by atoms with Crippen LogP contribution in [-0.4, -0.2) is 69.1 Å². The molecule has 72 valence electrons. The van der Waals surface area contributed by atoms with Gasteiger partial charge < -0.3 is 0 Å². The van der Waals surface area contributed by atoms with Gasteiger partial charge in [0.15, 0.2) is 0 Å². The van der Waals surface area contributed by atoms with Crippen LogP contribution in [0.4, 0.5) is 0 Å². The number of aryl methyl sites for hydroxylation is 1. The summed E-state index contributed by atoms with van der Waals surface area (Å²) in [5.74, 6) is 0. The topological polar surface area (TPSA) is 25.8 Å². The fraction of sp³-hybridized carbons (Fsp3) is 0.167. The van der Waals surface area contributed by atoms with E-state index in [0.717, 1.165) is 35.3 Å². The second-order valence-electron chi connectivity index (χ2n) is 3.49. The van der Waals surface area contributed by atoms with Gasteiger partial charge in [-0.05, 0) is 31.1 Å². The Balaban J connectivity index is 0.000000640. The Morgan fingerprint density at radius 3 is 2.38 bits per heavy atom. The maximum atomic E-state index is 4.60. The zero-order valence-electron chi connectivity index (χ0n) is 7.77. The predicted molar refractivity (Wildman–Crippen MR) is 71.2 cm³/mol. The molecule has 0 fully saturated rings. The molecular formula is C12H12N2Na2. The molecule has 4 heteroatoms. The van der Waals surface area contributed by atoms with E-state index < -0.39 is 0 Å². The first-order chi connectivity index (χ1) is 6.93. The molecule has 1 aromatic heterocycles. The molecule has 0 saturated carbocycles. The van der Waals surface area contributed by atoms with Crippen LogP contribution in [0.2, 0.25) is 0 Å². The van der Waals surface area contributed by atoms with E-state index in [2.05, 4.69) is 22.1 Å². The monoisotopic (exact) mass is 230 g/mol. The molecular weight excluding hydrogens is 218 g/mol. The Morgan fingerprint density at radius 1 is 0.938 bits per heavy atom. The summed E-state index contributed by atoms with van der Waals surface area (Å²) in [5, 5.41) is 0. The van der Waals surface area contributed by atoms with Crippen molar-refractivity contribution in [3.8, 4) is 0 Å². The van der Waals surface area contributed by atoms with Gasteiger partial charge in [-0.1, -0.05) is 18.2 Å². The summed E-state index contributed by atoms with van der Waals surface area (Å²) in [6, 6.07) is 8.02. The van der Waals surface area contributed by atoms with Crippen LogP contribution in [0.15, 0.2) is 30.3 Å². The van der Waals surface area contributed by atoms with Crippen LogP contribution in [-0.2, 0) is 6.42 Å². The molecule has 2 aromatic rings. The number of para-hydroxylation sites is 2. The molecule has 3 rings (SSSR count). The molecule has 1 heterocycles. The second kappa shape index (κ2) is 6.29. The van der Waals surface area contributed by atoms with Crippen molar-refractivity contribution in [3.05, 3.63) is 41.7 Å². The van der Waals surface area contributed by atoms with Crippen molar-refractivity contribution in [2.75, 3.05) is 0 Å². The molecule has 0 atom stereocenters. The fourth-order valence-electron chi connectivity index (χ4n) is 1.78. The van der Waals surface area contributed by atoms with E-state index in [1.165, 1.54) is 0 Å². The van der Waals surface area contributed by atoms with Crippen LogP contribution in [0.3, 0.4) is 0 Å². The summed E-state index contributed by atoms with van der Waals surface area (Å²) < 4.78 is 0. The Kier molecular flexibility index (Phi) is 5.65. The Bertz CT molecular complexity index is 523. The molecule has 0 spiro atoms. The molecule has 0 radical (unpaired) electrons. The quantitative estimate of drug-likeness (QED) is 0.637. The molecule has 0 amide bonds. The predicted octanol–water partition coefficient (Wildman–Crippen LogP) is 1.29. The Labute approximate surface area is 139 Å². The normalized spacial score (nSPS) is 12.5. The van der Waals surface area contributed by atoms with Crippen molar-refractivity contribution < 1.29 is 0 Å². The molecule has 0 N–H and O–H groups in total. The summed E-state index contributed by atoms with van der Waals surface area (Å²) in [6.07, 6.45) is 6.33. The zero-order chi connectivity index (χ0) is 9.38. The number of benzene rings is 1. The average Bonchev–Trinajstić information content (AvgIpc) is 2.26. The first kappa shape index (κ1) is 14.4. The van der Waals surface area contributed by atoms with E-state index in [0.29, 0.717) is 0 Å². The summed E-state index contributed by atoms with van der Waals surface area (Å²) in [5.41, 5.74) is 4.15. The van der Waals surface area contributed by atoms with Gasteiger partial charge in [0, 0.05) is 0 Å².